The molecule has 0 spiro atoms. The lowest BCUT2D eigenvalue weighted by Crippen LogP contribution is -2.48. The van der Waals surface area contributed by atoms with Crippen LogP contribution in [0.25, 0.3) is 0 Å². The van der Waals surface area contributed by atoms with E-state index in [1.165, 1.54) is 45.1 Å². The summed E-state index contributed by atoms with van der Waals surface area (Å²) < 4.78 is 0. The van der Waals surface area contributed by atoms with Crippen molar-refractivity contribution in [2.45, 2.75) is 77.7 Å². The Hall–Kier alpha value is -0.570. The molecule has 0 radical (unpaired) electrons. The monoisotopic (exact) mass is 306 g/mol. The largest absolute Gasteiger partial charge is 0.342 e. The molecule has 2 saturated heterocycles. The molecule has 1 aliphatic carbocycles. The van der Waals surface area contributed by atoms with Crippen molar-refractivity contribution in [2.75, 3.05) is 19.6 Å². The van der Waals surface area contributed by atoms with Gasteiger partial charge in [-0.05, 0) is 63.3 Å². The molecule has 22 heavy (non-hydrogen) atoms. The van der Waals surface area contributed by atoms with Crippen LogP contribution in [0.5, 0.6) is 0 Å². The highest BCUT2D eigenvalue weighted by Crippen LogP contribution is 2.45. The fraction of sp³-hybridized carbons (Fsp3) is 0.947. The molecule has 0 aromatic heterocycles. The van der Waals surface area contributed by atoms with E-state index >= 15 is 0 Å². The Kier molecular flexibility index (Phi) is 5.11. The Balaban J connectivity index is 1.58. The average Bonchev–Trinajstić information content (AvgIpc) is 3.18. The number of carbonyl (C=O) groups is 1. The van der Waals surface area contributed by atoms with E-state index in [4.69, 9.17) is 0 Å². The lowest BCUT2D eigenvalue weighted by molar-refractivity contribution is -0.144. The van der Waals surface area contributed by atoms with E-state index in [0.717, 1.165) is 44.3 Å². The molecule has 3 aliphatic rings. The number of piperidine rings is 1. The molecule has 0 aromatic carbocycles. The SMILES string of the molecule is CC(C)CC1(C(=O)N2CCC(C3CCCN3)CC2)CCCC1. The molecule has 2 heterocycles. The zero-order valence-electron chi connectivity index (χ0n) is 14.6. The van der Waals surface area contributed by atoms with Gasteiger partial charge in [-0.2, -0.15) is 0 Å². The standard InChI is InChI=1S/C19H34N2O/c1-15(2)14-19(9-3-4-10-19)18(22)21-12-7-16(8-13-21)17-6-5-11-20-17/h15-17,20H,3-14H2,1-2H3. The van der Waals surface area contributed by atoms with E-state index in [1.807, 2.05) is 0 Å². The Morgan fingerprint density at radius 1 is 1.14 bits per heavy atom. The number of rotatable bonds is 4. The average molecular weight is 306 g/mol. The Morgan fingerprint density at radius 3 is 2.36 bits per heavy atom. The maximum absolute atomic E-state index is 13.2. The van der Waals surface area contributed by atoms with Crippen LogP contribution in [0.1, 0.15) is 71.6 Å². The molecule has 1 N–H and O–H groups in total. The van der Waals surface area contributed by atoms with Crippen LogP contribution in [0.2, 0.25) is 0 Å². The summed E-state index contributed by atoms with van der Waals surface area (Å²) in [6.07, 6.45) is 11.0. The zero-order chi connectivity index (χ0) is 15.6. The fourth-order valence-corrected chi connectivity index (χ4v) is 5.29. The first-order chi connectivity index (χ1) is 10.6. The van der Waals surface area contributed by atoms with Crippen molar-refractivity contribution in [2.24, 2.45) is 17.3 Å². The molecule has 3 fully saturated rings. The number of hydrogen-bond donors (Lipinski definition) is 1. The second-order valence-corrected chi connectivity index (χ2v) is 8.42. The second kappa shape index (κ2) is 6.90. The minimum Gasteiger partial charge on any atom is -0.342 e. The fourth-order valence-electron chi connectivity index (χ4n) is 5.29. The third-order valence-electron chi connectivity index (χ3n) is 6.31. The normalized spacial score (nSPS) is 29.4. The molecule has 0 aromatic rings. The summed E-state index contributed by atoms with van der Waals surface area (Å²) >= 11 is 0. The summed E-state index contributed by atoms with van der Waals surface area (Å²) in [6.45, 7) is 7.74. The number of carbonyl (C=O) groups excluding carboxylic acids is 1. The molecule has 3 heteroatoms. The van der Waals surface area contributed by atoms with Gasteiger partial charge in [0, 0.05) is 24.5 Å². The third-order valence-corrected chi connectivity index (χ3v) is 6.31. The van der Waals surface area contributed by atoms with E-state index in [1.54, 1.807) is 0 Å². The molecule has 3 nitrogen and oxygen atoms in total. The first-order valence-corrected chi connectivity index (χ1v) is 9.63. The molecule has 1 atom stereocenters. The Morgan fingerprint density at radius 2 is 1.82 bits per heavy atom. The maximum Gasteiger partial charge on any atom is 0.228 e. The predicted octanol–water partition coefficient (Wildman–Crippen LogP) is 3.58. The van der Waals surface area contributed by atoms with Crippen LogP contribution in [-0.4, -0.2) is 36.5 Å². The van der Waals surface area contributed by atoms with Crippen LogP contribution >= 0.6 is 0 Å². The predicted molar refractivity (Wildman–Crippen MR) is 90.7 cm³/mol. The molecule has 2 aliphatic heterocycles. The minimum absolute atomic E-state index is 0.00733. The summed E-state index contributed by atoms with van der Waals surface area (Å²) in [5.41, 5.74) is -0.00733. The van der Waals surface area contributed by atoms with Crippen molar-refractivity contribution in [3.05, 3.63) is 0 Å². The topological polar surface area (TPSA) is 32.3 Å². The molecule has 126 valence electrons. The molecular weight excluding hydrogens is 272 g/mol. The van der Waals surface area contributed by atoms with Gasteiger partial charge in [-0.15, -0.1) is 0 Å². The van der Waals surface area contributed by atoms with Crippen LogP contribution in [0.3, 0.4) is 0 Å². The van der Waals surface area contributed by atoms with Gasteiger partial charge in [0.2, 0.25) is 5.91 Å². The number of nitrogens with zero attached hydrogens (tertiary/aromatic N) is 1. The number of hydrogen-bond acceptors (Lipinski definition) is 2. The van der Waals surface area contributed by atoms with E-state index in [-0.39, 0.29) is 5.41 Å². The van der Waals surface area contributed by atoms with Crippen LogP contribution in [0.15, 0.2) is 0 Å². The van der Waals surface area contributed by atoms with Gasteiger partial charge in [-0.1, -0.05) is 26.7 Å². The highest BCUT2D eigenvalue weighted by molar-refractivity contribution is 5.83. The van der Waals surface area contributed by atoms with Crippen molar-refractivity contribution < 1.29 is 4.79 Å². The van der Waals surface area contributed by atoms with Gasteiger partial charge < -0.3 is 10.2 Å². The molecular formula is C19H34N2O. The van der Waals surface area contributed by atoms with Crippen LogP contribution in [-0.2, 0) is 4.79 Å². The third kappa shape index (κ3) is 3.34. The summed E-state index contributed by atoms with van der Waals surface area (Å²) in [4.78, 5) is 15.4. The first kappa shape index (κ1) is 16.3. The first-order valence-electron chi connectivity index (χ1n) is 9.63. The van der Waals surface area contributed by atoms with Crippen molar-refractivity contribution in [1.29, 1.82) is 0 Å². The minimum atomic E-state index is -0.00733. The van der Waals surface area contributed by atoms with Crippen molar-refractivity contribution in [1.82, 2.24) is 10.2 Å². The molecule has 1 saturated carbocycles. The number of nitrogens with one attached hydrogen (secondary N) is 1. The summed E-state index contributed by atoms with van der Waals surface area (Å²) in [7, 11) is 0. The summed E-state index contributed by atoms with van der Waals surface area (Å²) in [5.74, 6) is 1.93. The Labute approximate surface area is 136 Å². The molecule has 3 rings (SSSR count). The van der Waals surface area contributed by atoms with Gasteiger partial charge in [0.15, 0.2) is 0 Å². The van der Waals surface area contributed by atoms with Gasteiger partial charge in [0.1, 0.15) is 0 Å². The van der Waals surface area contributed by atoms with E-state index in [9.17, 15) is 4.79 Å². The lowest BCUT2D eigenvalue weighted by Gasteiger charge is -2.40. The smallest absolute Gasteiger partial charge is 0.228 e. The van der Waals surface area contributed by atoms with Gasteiger partial charge >= 0.3 is 0 Å². The quantitative estimate of drug-likeness (QED) is 0.861. The van der Waals surface area contributed by atoms with E-state index in [0.29, 0.717) is 11.8 Å². The van der Waals surface area contributed by atoms with Crippen molar-refractivity contribution >= 4 is 5.91 Å². The van der Waals surface area contributed by atoms with E-state index in [2.05, 4.69) is 24.1 Å². The van der Waals surface area contributed by atoms with Gasteiger partial charge in [0.25, 0.3) is 0 Å². The van der Waals surface area contributed by atoms with E-state index < -0.39 is 0 Å². The lowest BCUT2D eigenvalue weighted by atomic mass is 9.76. The van der Waals surface area contributed by atoms with Crippen molar-refractivity contribution in [3.63, 3.8) is 0 Å². The van der Waals surface area contributed by atoms with Gasteiger partial charge in [-0.25, -0.2) is 0 Å². The highest BCUT2D eigenvalue weighted by Gasteiger charge is 2.44. The molecule has 1 amide bonds. The highest BCUT2D eigenvalue weighted by atomic mass is 16.2. The Bertz CT molecular complexity index is 373. The maximum atomic E-state index is 13.2. The van der Waals surface area contributed by atoms with Crippen LogP contribution in [0, 0.1) is 17.3 Å². The molecule has 1 unspecified atom stereocenters. The number of likely N-dealkylation sites (tertiary alicyclic amines) is 1. The summed E-state index contributed by atoms with van der Waals surface area (Å²) in [6, 6.07) is 0.730. The molecule has 0 bridgehead atoms. The van der Waals surface area contributed by atoms with Crippen LogP contribution < -0.4 is 5.32 Å². The van der Waals surface area contributed by atoms with Gasteiger partial charge in [0.05, 0.1) is 0 Å². The van der Waals surface area contributed by atoms with Crippen molar-refractivity contribution in [3.8, 4) is 0 Å². The number of amides is 1. The second-order valence-electron chi connectivity index (χ2n) is 8.42. The van der Waals surface area contributed by atoms with Crippen LogP contribution in [0.4, 0.5) is 0 Å². The summed E-state index contributed by atoms with van der Waals surface area (Å²) in [5, 5.41) is 3.66. The van der Waals surface area contributed by atoms with Gasteiger partial charge in [-0.3, -0.25) is 4.79 Å². The zero-order valence-corrected chi connectivity index (χ0v) is 14.6.